The lowest BCUT2D eigenvalue weighted by Gasteiger charge is -2.11. The minimum atomic E-state index is 1.13. The zero-order chi connectivity index (χ0) is 14.8. The zero-order valence-electron chi connectivity index (χ0n) is 12.6. The van der Waals surface area contributed by atoms with Crippen LogP contribution in [0.5, 0.6) is 0 Å². The summed E-state index contributed by atoms with van der Waals surface area (Å²) < 4.78 is 0. The summed E-state index contributed by atoms with van der Waals surface area (Å²) in [4.78, 5) is 2.09. The van der Waals surface area contributed by atoms with Gasteiger partial charge in [0.25, 0.3) is 0 Å². The van der Waals surface area contributed by atoms with Crippen molar-refractivity contribution in [1.29, 1.82) is 0 Å². The second-order valence-corrected chi connectivity index (χ2v) is 4.61. The van der Waals surface area contributed by atoms with Gasteiger partial charge in [-0.3, -0.25) is 0 Å². The third-order valence-corrected chi connectivity index (χ3v) is 2.77. The molecule has 0 aliphatic rings. The normalized spacial score (nSPS) is 12.7. The van der Waals surface area contributed by atoms with Crippen LogP contribution in [0.1, 0.15) is 12.5 Å². The predicted molar refractivity (Wildman–Crippen MR) is 92.0 cm³/mol. The van der Waals surface area contributed by atoms with Crippen LogP contribution in [0, 0.1) is 0 Å². The summed E-state index contributed by atoms with van der Waals surface area (Å²) in [5.41, 5.74) is 3.54. The van der Waals surface area contributed by atoms with Crippen LogP contribution in [0.4, 0.5) is 5.69 Å². The van der Waals surface area contributed by atoms with E-state index in [-0.39, 0.29) is 0 Å². The van der Waals surface area contributed by atoms with Crippen LogP contribution in [0.3, 0.4) is 0 Å². The fraction of sp³-hybridized carbons (Fsp3) is 0.158. The van der Waals surface area contributed by atoms with Crippen molar-refractivity contribution in [2.24, 2.45) is 0 Å². The van der Waals surface area contributed by atoms with E-state index in [0.717, 1.165) is 5.57 Å². The van der Waals surface area contributed by atoms with Crippen LogP contribution >= 0.6 is 0 Å². The van der Waals surface area contributed by atoms with Gasteiger partial charge in [0.2, 0.25) is 0 Å². The Bertz CT molecular complexity index is 525. The molecule has 0 saturated heterocycles. The van der Waals surface area contributed by atoms with Crippen molar-refractivity contribution < 1.29 is 0 Å². The molecule has 0 heterocycles. The van der Waals surface area contributed by atoms with Gasteiger partial charge in [-0.15, -0.1) is 0 Å². The minimum absolute atomic E-state index is 1.13. The van der Waals surface area contributed by atoms with Crippen molar-refractivity contribution in [1.82, 2.24) is 0 Å². The van der Waals surface area contributed by atoms with Crippen molar-refractivity contribution in [2.45, 2.75) is 6.92 Å². The molecule has 0 amide bonds. The highest BCUT2D eigenvalue weighted by molar-refractivity contribution is 5.56. The largest absolute Gasteiger partial charge is 0.378 e. The topological polar surface area (TPSA) is 3.24 Å². The van der Waals surface area contributed by atoms with Gasteiger partial charge in [0, 0.05) is 19.8 Å². The maximum atomic E-state index is 3.71. The van der Waals surface area contributed by atoms with Gasteiger partial charge >= 0.3 is 0 Å². The molecule has 0 aromatic heterocycles. The number of rotatable bonds is 6. The maximum absolute atomic E-state index is 3.71. The fourth-order valence-electron chi connectivity index (χ4n) is 1.71. The molecule has 1 aromatic rings. The number of nitrogens with zero attached hydrogens (tertiary/aromatic N) is 1. The lowest BCUT2D eigenvalue weighted by molar-refractivity contribution is 1.13. The summed E-state index contributed by atoms with van der Waals surface area (Å²) in [6.45, 7) is 5.72. The Morgan fingerprint density at radius 2 is 1.75 bits per heavy atom. The molecule has 0 saturated carbocycles. The van der Waals surface area contributed by atoms with Gasteiger partial charge in [-0.2, -0.15) is 0 Å². The molecule has 0 unspecified atom stereocenters. The van der Waals surface area contributed by atoms with E-state index in [1.807, 2.05) is 45.3 Å². The summed E-state index contributed by atoms with van der Waals surface area (Å²) in [6.07, 6.45) is 16.1. The van der Waals surface area contributed by atoms with Crippen LogP contribution in [0.2, 0.25) is 0 Å². The van der Waals surface area contributed by atoms with E-state index in [2.05, 4.69) is 54.0 Å². The van der Waals surface area contributed by atoms with Gasteiger partial charge in [0.15, 0.2) is 0 Å². The first kappa shape index (κ1) is 15.8. The Hall–Kier alpha value is -2.28. The van der Waals surface area contributed by atoms with E-state index >= 15 is 0 Å². The molecule has 20 heavy (non-hydrogen) atoms. The smallest absolute Gasteiger partial charge is 0.0361 e. The van der Waals surface area contributed by atoms with Crippen molar-refractivity contribution in [3.05, 3.63) is 84.5 Å². The molecule has 0 spiro atoms. The van der Waals surface area contributed by atoms with Gasteiger partial charge in [-0.05, 0) is 30.2 Å². The fourth-order valence-corrected chi connectivity index (χ4v) is 1.71. The van der Waals surface area contributed by atoms with Crippen LogP contribution in [0.25, 0.3) is 6.08 Å². The Kier molecular flexibility index (Phi) is 6.91. The quantitative estimate of drug-likeness (QED) is 0.653. The molecule has 0 radical (unpaired) electrons. The Morgan fingerprint density at radius 3 is 2.30 bits per heavy atom. The molecule has 0 fully saturated rings. The summed E-state index contributed by atoms with van der Waals surface area (Å²) >= 11 is 0. The Labute approximate surface area is 122 Å². The first-order valence-corrected chi connectivity index (χ1v) is 6.75. The summed E-state index contributed by atoms with van der Waals surface area (Å²) in [7, 11) is 4.09. The highest BCUT2D eigenvalue weighted by Gasteiger charge is 1.92. The van der Waals surface area contributed by atoms with Crippen LogP contribution in [-0.4, -0.2) is 14.1 Å². The van der Waals surface area contributed by atoms with Crippen molar-refractivity contribution in [3.8, 4) is 0 Å². The van der Waals surface area contributed by atoms with E-state index in [1.165, 1.54) is 11.3 Å². The third kappa shape index (κ3) is 5.57. The standard InChI is InChI=1S/C19H23N/c1-5-9-17(10-6-2)11-7-8-12-18-13-15-19(16-14-18)20(3)4/h5-16H,1H2,2-4H3/b10-6-,11-7+,12-8+,17-9+. The number of hydrogen-bond donors (Lipinski definition) is 0. The monoisotopic (exact) mass is 265 g/mol. The lowest BCUT2D eigenvalue weighted by Crippen LogP contribution is -2.07. The minimum Gasteiger partial charge on any atom is -0.378 e. The Balaban J connectivity index is 2.68. The molecule has 1 heteroatoms. The second kappa shape index (κ2) is 8.76. The Morgan fingerprint density at radius 1 is 1.05 bits per heavy atom. The summed E-state index contributed by atoms with van der Waals surface area (Å²) in [6, 6.07) is 8.47. The van der Waals surface area contributed by atoms with E-state index in [4.69, 9.17) is 0 Å². The average Bonchev–Trinajstić information content (AvgIpc) is 2.44. The summed E-state index contributed by atoms with van der Waals surface area (Å²) in [5.74, 6) is 0. The molecule has 0 atom stereocenters. The molecule has 0 bridgehead atoms. The number of benzene rings is 1. The summed E-state index contributed by atoms with van der Waals surface area (Å²) in [5, 5.41) is 0. The molecule has 104 valence electrons. The van der Waals surface area contributed by atoms with Gasteiger partial charge < -0.3 is 4.90 Å². The van der Waals surface area contributed by atoms with Gasteiger partial charge in [0.05, 0.1) is 0 Å². The van der Waals surface area contributed by atoms with Crippen molar-refractivity contribution >= 4 is 11.8 Å². The third-order valence-electron chi connectivity index (χ3n) is 2.77. The number of hydrogen-bond acceptors (Lipinski definition) is 1. The zero-order valence-corrected chi connectivity index (χ0v) is 12.6. The van der Waals surface area contributed by atoms with Crippen LogP contribution in [0.15, 0.2) is 78.9 Å². The predicted octanol–water partition coefficient (Wildman–Crippen LogP) is 5.01. The molecular weight excluding hydrogens is 242 g/mol. The molecule has 0 N–H and O–H groups in total. The maximum Gasteiger partial charge on any atom is 0.0361 e. The van der Waals surface area contributed by atoms with Gasteiger partial charge in [-0.1, -0.05) is 67.3 Å². The van der Waals surface area contributed by atoms with Gasteiger partial charge in [0.1, 0.15) is 0 Å². The average molecular weight is 265 g/mol. The van der Waals surface area contributed by atoms with Crippen molar-refractivity contribution in [3.63, 3.8) is 0 Å². The van der Waals surface area contributed by atoms with Crippen LogP contribution in [-0.2, 0) is 0 Å². The first-order valence-electron chi connectivity index (χ1n) is 6.75. The van der Waals surface area contributed by atoms with E-state index in [9.17, 15) is 0 Å². The highest BCUT2D eigenvalue weighted by atomic mass is 15.1. The van der Waals surface area contributed by atoms with E-state index in [0.29, 0.717) is 0 Å². The lowest BCUT2D eigenvalue weighted by atomic mass is 10.1. The van der Waals surface area contributed by atoms with Gasteiger partial charge in [-0.25, -0.2) is 0 Å². The second-order valence-electron chi connectivity index (χ2n) is 4.61. The molecule has 1 rings (SSSR count). The molecule has 0 aliphatic heterocycles. The molecule has 0 aliphatic carbocycles. The van der Waals surface area contributed by atoms with E-state index < -0.39 is 0 Å². The number of anilines is 1. The van der Waals surface area contributed by atoms with E-state index in [1.54, 1.807) is 6.08 Å². The number of allylic oxidation sites excluding steroid dienone is 8. The van der Waals surface area contributed by atoms with Crippen molar-refractivity contribution in [2.75, 3.05) is 19.0 Å². The first-order chi connectivity index (χ1) is 9.67. The molecule has 1 nitrogen and oxygen atoms in total. The SMILES string of the molecule is C=C/C=C(\C=C/C)/C=C/C=C/c1ccc(N(C)C)cc1. The highest BCUT2D eigenvalue weighted by Crippen LogP contribution is 2.13. The molecular formula is C19H23N. The van der Waals surface area contributed by atoms with Crippen LogP contribution < -0.4 is 4.90 Å². The molecule has 1 aromatic carbocycles.